The first-order chi connectivity index (χ1) is 17.0. The van der Waals surface area contributed by atoms with E-state index < -0.39 is 40.2 Å². The van der Waals surface area contributed by atoms with Crippen molar-refractivity contribution in [1.29, 1.82) is 0 Å². The van der Waals surface area contributed by atoms with E-state index >= 15 is 0 Å². The molecule has 0 fully saturated rings. The fourth-order valence-corrected chi connectivity index (χ4v) is 5.16. The van der Waals surface area contributed by atoms with Gasteiger partial charge in [0, 0.05) is 18.6 Å². The van der Waals surface area contributed by atoms with Crippen LogP contribution in [0.4, 0.5) is 10.1 Å². The Balaban J connectivity index is 2.02. The van der Waals surface area contributed by atoms with Gasteiger partial charge in [0.2, 0.25) is 11.8 Å². The van der Waals surface area contributed by atoms with E-state index in [0.29, 0.717) is 16.3 Å². The molecule has 3 aromatic rings. The quantitative estimate of drug-likeness (QED) is 0.449. The molecule has 0 aliphatic rings. The van der Waals surface area contributed by atoms with Gasteiger partial charge in [-0.25, -0.2) is 12.8 Å². The lowest BCUT2D eigenvalue weighted by molar-refractivity contribution is -0.139. The SMILES string of the molecule is CNC(=O)C(C)N(Cc1ccc(F)cc1)C(=O)CN(c1cccc(C)c1)S(=O)(=O)c1ccc(Cl)cc1. The minimum atomic E-state index is -4.17. The van der Waals surface area contributed by atoms with Gasteiger partial charge in [-0.05, 0) is 73.5 Å². The summed E-state index contributed by atoms with van der Waals surface area (Å²) in [6.07, 6.45) is 0. The van der Waals surface area contributed by atoms with Crippen LogP contribution in [0.2, 0.25) is 5.02 Å². The Bertz CT molecular complexity index is 1330. The van der Waals surface area contributed by atoms with Gasteiger partial charge in [-0.15, -0.1) is 0 Å². The molecule has 0 aliphatic heterocycles. The molecule has 36 heavy (non-hydrogen) atoms. The highest BCUT2D eigenvalue weighted by atomic mass is 35.5. The van der Waals surface area contributed by atoms with E-state index in [1.807, 2.05) is 13.0 Å². The Morgan fingerprint density at radius 2 is 1.67 bits per heavy atom. The molecule has 3 aromatic carbocycles. The van der Waals surface area contributed by atoms with Gasteiger partial charge in [0.1, 0.15) is 18.4 Å². The molecule has 1 N–H and O–H groups in total. The van der Waals surface area contributed by atoms with Gasteiger partial charge >= 0.3 is 0 Å². The van der Waals surface area contributed by atoms with E-state index in [1.165, 1.54) is 60.5 Å². The van der Waals surface area contributed by atoms with Crippen molar-refractivity contribution >= 4 is 39.1 Å². The van der Waals surface area contributed by atoms with E-state index in [2.05, 4.69) is 5.32 Å². The third-order valence-corrected chi connectivity index (χ3v) is 7.69. The Morgan fingerprint density at radius 1 is 1.03 bits per heavy atom. The second kappa shape index (κ2) is 11.5. The maximum atomic E-state index is 13.7. The Labute approximate surface area is 215 Å². The fourth-order valence-electron chi connectivity index (χ4n) is 3.62. The van der Waals surface area contributed by atoms with Gasteiger partial charge in [0.15, 0.2) is 0 Å². The zero-order valence-electron chi connectivity index (χ0n) is 20.1. The van der Waals surface area contributed by atoms with Gasteiger partial charge in [0.25, 0.3) is 10.0 Å². The topological polar surface area (TPSA) is 86.8 Å². The molecule has 0 heterocycles. The number of nitrogens with zero attached hydrogens (tertiary/aromatic N) is 2. The molecule has 1 unspecified atom stereocenters. The number of anilines is 1. The van der Waals surface area contributed by atoms with Crippen molar-refractivity contribution < 1.29 is 22.4 Å². The summed E-state index contributed by atoms with van der Waals surface area (Å²) in [5.74, 6) is -1.46. The number of amides is 2. The molecule has 1 atom stereocenters. The number of carbonyl (C=O) groups is 2. The van der Waals surface area contributed by atoms with E-state index in [1.54, 1.807) is 25.1 Å². The first-order valence-electron chi connectivity index (χ1n) is 11.1. The molecule has 0 aromatic heterocycles. The molecule has 0 saturated carbocycles. The number of sulfonamides is 1. The van der Waals surface area contributed by atoms with E-state index in [4.69, 9.17) is 11.6 Å². The Hall–Kier alpha value is -3.43. The van der Waals surface area contributed by atoms with Crippen LogP contribution in [-0.2, 0) is 26.2 Å². The minimum Gasteiger partial charge on any atom is -0.357 e. The van der Waals surface area contributed by atoms with E-state index in [-0.39, 0.29) is 11.4 Å². The molecule has 3 rings (SSSR count). The number of nitrogens with one attached hydrogen (secondary N) is 1. The molecule has 0 aliphatic carbocycles. The van der Waals surface area contributed by atoms with Gasteiger partial charge < -0.3 is 10.2 Å². The van der Waals surface area contributed by atoms with Gasteiger partial charge in [-0.1, -0.05) is 35.9 Å². The highest BCUT2D eigenvalue weighted by Crippen LogP contribution is 2.26. The number of likely N-dealkylation sites (N-methyl/N-ethyl adjacent to an activating group) is 1. The molecule has 2 amide bonds. The maximum absolute atomic E-state index is 13.7. The average Bonchev–Trinajstić information content (AvgIpc) is 2.86. The van der Waals surface area contributed by atoms with Gasteiger partial charge in [-0.2, -0.15) is 0 Å². The van der Waals surface area contributed by atoms with Crippen LogP contribution >= 0.6 is 11.6 Å². The first-order valence-corrected chi connectivity index (χ1v) is 12.9. The summed E-state index contributed by atoms with van der Waals surface area (Å²) in [5, 5.41) is 2.88. The van der Waals surface area contributed by atoms with E-state index in [0.717, 1.165) is 9.87 Å². The molecule has 0 radical (unpaired) electrons. The predicted molar refractivity (Wildman–Crippen MR) is 138 cm³/mol. The smallest absolute Gasteiger partial charge is 0.264 e. The molecule has 0 bridgehead atoms. The minimum absolute atomic E-state index is 0.0175. The molecule has 0 saturated heterocycles. The second-order valence-electron chi connectivity index (χ2n) is 8.24. The largest absolute Gasteiger partial charge is 0.357 e. The lowest BCUT2D eigenvalue weighted by Crippen LogP contribution is -2.50. The summed E-state index contributed by atoms with van der Waals surface area (Å²) in [5.41, 5.74) is 1.69. The summed E-state index contributed by atoms with van der Waals surface area (Å²) in [4.78, 5) is 27.3. The van der Waals surface area contributed by atoms with Crippen molar-refractivity contribution in [2.45, 2.75) is 31.3 Å². The number of benzene rings is 3. The molecule has 0 spiro atoms. The molecule has 7 nitrogen and oxygen atoms in total. The molecular formula is C26H27ClFN3O4S. The number of halogens is 2. The fraction of sp³-hybridized carbons (Fsp3) is 0.231. The van der Waals surface area contributed by atoms with Crippen LogP contribution in [0.1, 0.15) is 18.1 Å². The van der Waals surface area contributed by atoms with Crippen molar-refractivity contribution in [2.24, 2.45) is 0 Å². The van der Waals surface area contributed by atoms with Crippen LogP contribution in [-0.4, -0.2) is 44.8 Å². The summed E-state index contributed by atoms with van der Waals surface area (Å²) in [6.45, 7) is 2.78. The normalized spacial score (nSPS) is 12.0. The van der Waals surface area contributed by atoms with Crippen molar-refractivity contribution in [3.8, 4) is 0 Å². The molecule has 10 heteroatoms. The van der Waals surface area contributed by atoms with Crippen molar-refractivity contribution in [3.05, 3.63) is 94.8 Å². The Morgan fingerprint density at radius 3 is 2.25 bits per heavy atom. The maximum Gasteiger partial charge on any atom is 0.264 e. The van der Waals surface area contributed by atoms with Crippen LogP contribution in [0.15, 0.2) is 77.7 Å². The number of carbonyl (C=O) groups excluding carboxylic acids is 2. The standard InChI is InChI=1S/C26H27ClFN3O4S/c1-18-5-4-6-23(15-18)31(36(34,35)24-13-9-21(27)10-14-24)17-25(32)30(19(2)26(33)29-3)16-20-7-11-22(28)12-8-20/h4-15,19H,16-17H2,1-3H3,(H,29,33). The van der Waals surface area contributed by atoms with Crippen molar-refractivity contribution in [3.63, 3.8) is 0 Å². The summed E-state index contributed by atoms with van der Waals surface area (Å²) < 4.78 is 41.7. The monoisotopic (exact) mass is 531 g/mol. The van der Waals surface area contributed by atoms with Crippen molar-refractivity contribution in [2.75, 3.05) is 17.9 Å². The highest BCUT2D eigenvalue weighted by Gasteiger charge is 2.32. The summed E-state index contributed by atoms with van der Waals surface area (Å²) in [7, 11) is -2.72. The van der Waals surface area contributed by atoms with Crippen LogP contribution in [0.5, 0.6) is 0 Å². The molecular weight excluding hydrogens is 505 g/mol. The number of rotatable bonds is 9. The van der Waals surface area contributed by atoms with Crippen LogP contribution < -0.4 is 9.62 Å². The second-order valence-corrected chi connectivity index (χ2v) is 10.5. The zero-order valence-corrected chi connectivity index (χ0v) is 21.7. The van der Waals surface area contributed by atoms with E-state index in [9.17, 15) is 22.4 Å². The first kappa shape index (κ1) is 27.2. The Kier molecular flexibility index (Phi) is 8.70. The van der Waals surface area contributed by atoms with Crippen LogP contribution in [0.3, 0.4) is 0 Å². The van der Waals surface area contributed by atoms with Crippen LogP contribution in [0.25, 0.3) is 0 Å². The average molecular weight is 532 g/mol. The predicted octanol–water partition coefficient (Wildman–Crippen LogP) is 4.15. The third-order valence-electron chi connectivity index (χ3n) is 5.65. The third kappa shape index (κ3) is 6.41. The van der Waals surface area contributed by atoms with Gasteiger partial charge in [-0.3, -0.25) is 13.9 Å². The summed E-state index contributed by atoms with van der Waals surface area (Å²) in [6, 6.07) is 17.0. The number of aryl methyl sites for hydroxylation is 1. The lowest BCUT2D eigenvalue weighted by Gasteiger charge is -2.31. The summed E-state index contributed by atoms with van der Waals surface area (Å²) >= 11 is 5.94. The molecule has 190 valence electrons. The number of hydrogen-bond donors (Lipinski definition) is 1. The van der Waals surface area contributed by atoms with Gasteiger partial charge in [0.05, 0.1) is 10.6 Å². The van der Waals surface area contributed by atoms with Crippen LogP contribution in [0, 0.1) is 12.7 Å². The lowest BCUT2D eigenvalue weighted by atomic mass is 10.1. The number of hydrogen-bond acceptors (Lipinski definition) is 4. The zero-order chi connectivity index (χ0) is 26.5. The van der Waals surface area contributed by atoms with Crippen molar-refractivity contribution in [1.82, 2.24) is 10.2 Å². The highest BCUT2D eigenvalue weighted by molar-refractivity contribution is 7.92.